The molecule has 1 N–H and O–H groups in total. The SMILES string of the molecule is COCC(C)n1cc(C2OC2NCc2ccc(S(C)(=O)=O)cc2)c(=O)c(Br)c1C. The summed E-state index contributed by atoms with van der Waals surface area (Å²) in [7, 11) is -1.56. The first-order valence-electron chi connectivity index (χ1n) is 9.21. The molecule has 0 spiro atoms. The van der Waals surface area contributed by atoms with Crippen molar-refractivity contribution in [2.24, 2.45) is 0 Å². The van der Waals surface area contributed by atoms with Crippen LogP contribution in [-0.4, -0.2) is 39.2 Å². The van der Waals surface area contributed by atoms with Crippen LogP contribution in [0.3, 0.4) is 0 Å². The van der Waals surface area contributed by atoms with E-state index in [0.29, 0.717) is 23.2 Å². The summed E-state index contributed by atoms with van der Waals surface area (Å²) in [6.07, 6.45) is 2.44. The smallest absolute Gasteiger partial charge is 0.201 e. The molecule has 2 aromatic rings. The zero-order chi connectivity index (χ0) is 21.3. The number of pyridine rings is 1. The highest BCUT2D eigenvalue weighted by Crippen LogP contribution is 2.36. The topological polar surface area (TPSA) is 89.9 Å². The number of methoxy groups -OCH3 is 1. The summed E-state index contributed by atoms with van der Waals surface area (Å²) >= 11 is 3.42. The molecule has 1 saturated heterocycles. The number of hydrogen-bond donors (Lipinski definition) is 1. The molecule has 158 valence electrons. The molecule has 1 aromatic heterocycles. The van der Waals surface area contributed by atoms with E-state index in [1.807, 2.05) is 24.6 Å². The lowest BCUT2D eigenvalue weighted by molar-refractivity contribution is 0.161. The van der Waals surface area contributed by atoms with Gasteiger partial charge in [-0.15, -0.1) is 0 Å². The van der Waals surface area contributed by atoms with E-state index in [-0.39, 0.29) is 28.7 Å². The maximum Gasteiger partial charge on any atom is 0.201 e. The minimum absolute atomic E-state index is 0.0739. The van der Waals surface area contributed by atoms with Gasteiger partial charge in [-0.05, 0) is 47.5 Å². The maximum atomic E-state index is 12.7. The van der Waals surface area contributed by atoms with Gasteiger partial charge in [0.1, 0.15) is 12.3 Å². The number of nitrogens with zero attached hydrogens (tertiary/aromatic N) is 1. The Hall–Kier alpha value is -1.52. The van der Waals surface area contributed by atoms with Crippen LogP contribution in [0.2, 0.25) is 0 Å². The molecule has 1 aliphatic heterocycles. The summed E-state index contributed by atoms with van der Waals surface area (Å²) in [5.41, 5.74) is 2.30. The average molecular weight is 485 g/mol. The summed E-state index contributed by atoms with van der Waals surface area (Å²) in [6.45, 7) is 4.96. The van der Waals surface area contributed by atoms with Crippen molar-refractivity contribution in [2.45, 2.75) is 43.7 Å². The Morgan fingerprint density at radius 3 is 2.55 bits per heavy atom. The summed E-state index contributed by atoms with van der Waals surface area (Å²) in [5, 5.41) is 3.25. The first kappa shape index (κ1) is 22.2. The second kappa shape index (κ2) is 8.69. The van der Waals surface area contributed by atoms with Gasteiger partial charge in [0.2, 0.25) is 5.43 Å². The van der Waals surface area contributed by atoms with E-state index in [1.165, 1.54) is 6.26 Å². The van der Waals surface area contributed by atoms with E-state index in [1.54, 1.807) is 31.4 Å². The predicted molar refractivity (Wildman–Crippen MR) is 114 cm³/mol. The highest BCUT2D eigenvalue weighted by Gasteiger charge is 2.42. The number of sulfone groups is 1. The van der Waals surface area contributed by atoms with Crippen LogP contribution in [0.15, 0.2) is 44.6 Å². The van der Waals surface area contributed by atoms with Crippen molar-refractivity contribution >= 4 is 25.8 Å². The van der Waals surface area contributed by atoms with Gasteiger partial charge in [0, 0.05) is 37.4 Å². The molecule has 7 nitrogen and oxygen atoms in total. The van der Waals surface area contributed by atoms with Gasteiger partial charge in [-0.3, -0.25) is 10.1 Å². The van der Waals surface area contributed by atoms with Crippen molar-refractivity contribution in [1.29, 1.82) is 0 Å². The molecule has 29 heavy (non-hydrogen) atoms. The predicted octanol–water partition coefficient (Wildman–Crippen LogP) is 2.72. The number of epoxide rings is 1. The fourth-order valence-corrected chi connectivity index (χ4v) is 4.33. The van der Waals surface area contributed by atoms with Crippen molar-refractivity contribution in [2.75, 3.05) is 20.0 Å². The van der Waals surface area contributed by atoms with Gasteiger partial charge in [0.15, 0.2) is 9.84 Å². The Kier molecular flexibility index (Phi) is 6.64. The molecule has 0 bridgehead atoms. The van der Waals surface area contributed by atoms with Crippen LogP contribution in [0.4, 0.5) is 0 Å². The fraction of sp³-hybridized carbons (Fsp3) is 0.450. The number of hydrogen-bond acceptors (Lipinski definition) is 6. The molecule has 1 aliphatic rings. The second-order valence-corrected chi connectivity index (χ2v) is 10.1. The second-order valence-electron chi connectivity index (χ2n) is 7.30. The van der Waals surface area contributed by atoms with Crippen LogP contribution in [0.25, 0.3) is 0 Å². The van der Waals surface area contributed by atoms with Crippen LogP contribution in [-0.2, 0) is 25.9 Å². The molecule has 3 unspecified atom stereocenters. The van der Waals surface area contributed by atoms with Gasteiger partial charge in [-0.2, -0.15) is 0 Å². The lowest BCUT2D eigenvalue weighted by atomic mass is 10.1. The zero-order valence-corrected chi connectivity index (χ0v) is 19.2. The van der Waals surface area contributed by atoms with Crippen LogP contribution in [0.5, 0.6) is 0 Å². The molecule has 9 heteroatoms. The lowest BCUT2D eigenvalue weighted by Crippen LogP contribution is -2.23. The quantitative estimate of drug-likeness (QED) is 0.579. The molecule has 0 saturated carbocycles. The van der Waals surface area contributed by atoms with Crippen molar-refractivity contribution in [3.8, 4) is 0 Å². The Morgan fingerprint density at radius 1 is 1.31 bits per heavy atom. The molecule has 3 atom stereocenters. The minimum atomic E-state index is -3.21. The van der Waals surface area contributed by atoms with Crippen LogP contribution >= 0.6 is 15.9 Å². The molecule has 1 fully saturated rings. The van der Waals surface area contributed by atoms with Gasteiger partial charge >= 0.3 is 0 Å². The normalized spacial score (nSPS) is 19.9. The molecule has 0 amide bonds. The number of ether oxygens (including phenoxy) is 2. The van der Waals surface area contributed by atoms with Crippen LogP contribution in [0.1, 0.15) is 35.9 Å². The summed E-state index contributed by atoms with van der Waals surface area (Å²) in [6, 6.07) is 6.79. The highest BCUT2D eigenvalue weighted by atomic mass is 79.9. The van der Waals surface area contributed by atoms with E-state index < -0.39 is 9.84 Å². The number of halogens is 1. The first-order valence-corrected chi connectivity index (χ1v) is 11.9. The third-order valence-electron chi connectivity index (χ3n) is 4.98. The van der Waals surface area contributed by atoms with E-state index >= 15 is 0 Å². The van der Waals surface area contributed by atoms with Gasteiger partial charge < -0.3 is 14.0 Å². The Labute approximate surface area is 179 Å². The average Bonchev–Trinajstić information content (AvgIpc) is 3.44. The van der Waals surface area contributed by atoms with E-state index in [9.17, 15) is 13.2 Å². The van der Waals surface area contributed by atoms with Crippen molar-refractivity contribution in [3.05, 3.63) is 62.0 Å². The number of benzene rings is 1. The van der Waals surface area contributed by atoms with Gasteiger partial charge in [-0.25, -0.2) is 8.42 Å². The highest BCUT2D eigenvalue weighted by molar-refractivity contribution is 9.10. The van der Waals surface area contributed by atoms with Gasteiger partial charge in [-0.1, -0.05) is 12.1 Å². The third kappa shape index (κ3) is 4.97. The Balaban J connectivity index is 1.70. The van der Waals surface area contributed by atoms with Gasteiger partial charge in [0.25, 0.3) is 0 Å². The Morgan fingerprint density at radius 2 is 1.97 bits per heavy atom. The van der Waals surface area contributed by atoms with E-state index in [2.05, 4.69) is 21.2 Å². The number of rotatable bonds is 8. The fourth-order valence-electron chi connectivity index (χ4n) is 3.27. The molecule has 1 aromatic carbocycles. The zero-order valence-electron chi connectivity index (χ0n) is 16.8. The van der Waals surface area contributed by atoms with Crippen molar-refractivity contribution < 1.29 is 17.9 Å². The van der Waals surface area contributed by atoms with Gasteiger partial charge in [0.05, 0.1) is 22.0 Å². The summed E-state index contributed by atoms with van der Waals surface area (Å²) < 4.78 is 36.6. The number of nitrogens with one attached hydrogen (secondary N) is 1. The lowest BCUT2D eigenvalue weighted by Gasteiger charge is -2.20. The summed E-state index contributed by atoms with van der Waals surface area (Å²) in [5.74, 6) is 0. The molecule has 2 heterocycles. The molecular weight excluding hydrogens is 460 g/mol. The first-order chi connectivity index (χ1) is 13.6. The van der Waals surface area contributed by atoms with E-state index in [0.717, 1.165) is 11.3 Å². The van der Waals surface area contributed by atoms with E-state index in [4.69, 9.17) is 9.47 Å². The largest absolute Gasteiger partial charge is 0.383 e. The number of aromatic nitrogens is 1. The van der Waals surface area contributed by atoms with Crippen molar-refractivity contribution in [1.82, 2.24) is 9.88 Å². The molecule has 3 rings (SSSR count). The Bertz CT molecular complexity index is 1050. The maximum absolute atomic E-state index is 12.7. The molecule has 0 radical (unpaired) electrons. The van der Waals surface area contributed by atoms with Crippen molar-refractivity contribution in [3.63, 3.8) is 0 Å². The van der Waals surface area contributed by atoms with Crippen LogP contribution in [0, 0.1) is 6.92 Å². The monoisotopic (exact) mass is 484 g/mol. The summed E-state index contributed by atoms with van der Waals surface area (Å²) in [4.78, 5) is 13.0. The molecular formula is C20H25BrN2O5S. The molecule has 0 aliphatic carbocycles. The standard InChI is InChI=1S/C20H25BrN2O5S/c1-12(11-27-3)23-10-16(18(24)17(21)13(23)2)19-20(28-19)22-9-14-5-7-15(8-6-14)29(4,25)26/h5-8,10,12,19-20,22H,9,11H2,1-4H3. The minimum Gasteiger partial charge on any atom is -0.383 e. The van der Waals surface area contributed by atoms with Crippen LogP contribution < -0.4 is 10.7 Å². The third-order valence-corrected chi connectivity index (χ3v) is 7.05.